The summed E-state index contributed by atoms with van der Waals surface area (Å²) >= 11 is 0. The molecule has 0 aliphatic heterocycles. The van der Waals surface area contributed by atoms with E-state index in [0.29, 0.717) is 19.6 Å². The minimum Gasteiger partial charge on any atom is -0.379 e. The van der Waals surface area contributed by atoms with Crippen molar-refractivity contribution in [3.8, 4) is 0 Å². The van der Waals surface area contributed by atoms with E-state index in [9.17, 15) is 5.11 Å². The number of rotatable bonds is 6. The fraction of sp³-hybridized carbons (Fsp3) is 0.750. The molecule has 1 unspecified atom stereocenters. The summed E-state index contributed by atoms with van der Waals surface area (Å²) in [5.41, 5.74) is 0. The Morgan fingerprint density at radius 3 is 2.90 bits per heavy atom. The van der Waals surface area contributed by atoms with Gasteiger partial charge in [0.1, 0.15) is 6.10 Å². The molecule has 0 aliphatic carbocycles. The molecule has 0 fully saturated rings. The van der Waals surface area contributed by atoms with Gasteiger partial charge in [-0.1, -0.05) is 13.0 Å². The first-order chi connectivity index (χ1) is 4.81. The van der Waals surface area contributed by atoms with Crippen molar-refractivity contribution >= 4 is 0 Å². The van der Waals surface area contributed by atoms with E-state index in [4.69, 9.17) is 4.74 Å². The summed E-state index contributed by atoms with van der Waals surface area (Å²) in [5, 5.41) is 10.8. The van der Waals surface area contributed by atoms with E-state index in [1.807, 2.05) is 6.92 Å². The first-order valence-corrected chi connectivity index (χ1v) is 3.65. The lowest BCUT2D eigenvalue weighted by Gasteiger charge is -2.04. The van der Waals surface area contributed by atoms with Gasteiger partial charge in [0.2, 0.25) is 0 Å². The Labute approximate surface area is 62.5 Å². The monoisotopic (exact) mass is 143 g/mol. The van der Waals surface area contributed by atoms with Crippen molar-refractivity contribution in [2.24, 2.45) is 0 Å². The fourth-order valence-electron chi connectivity index (χ4n) is 0.613. The van der Waals surface area contributed by atoms with Crippen LogP contribution in [0.5, 0.6) is 0 Å². The third-order valence-electron chi connectivity index (χ3n) is 1.08. The second-order valence-corrected chi connectivity index (χ2v) is 2.22. The van der Waals surface area contributed by atoms with Gasteiger partial charge in [-0.15, -0.1) is 6.58 Å². The zero-order valence-corrected chi connectivity index (χ0v) is 6.51. The summed E-state index contributed by atoms with van der Waals surface area (Å²) in [6, 6.07) is 0. The molecule has 0 aromatic carbocycles. The molecule has 1 radical (unpaired) electrons. The first-order valence-electron chi connectivity index (χ1n) is 3.65. The topological polar surface area (TPSA) is 29.1 Å². The SMILES string of the molecule is C=CCC([O])COCCC. The molecule has 0 N–H and O–H groups in total. The minimum atomic E-state index is -0.621. The molecular formula is C8H15O2. The molecule has 2 heteroatoms. The molecule has 0 saturated carbocycles. The van der Waals surface area contributed by atoms with E-state index in [2.05, 4.69) is 6.58 Å². The highest BCUT2D eigenvalue weighted by Crippen LogP contribution is 1.94. The Balaban J connectivity index is 3.04. The molecule has 0 spiro atoms. The van der Waals surface area contributed by atoms with Crippen LogP contribution in [0, 0.1) is 0 Å². The smallest absolute Gasteiger partial charge is 0.120 e. The molecule has 0 heterocycles. The van der Waals surface area contributed by atoms with Crippen LogP contribution in [0.2, 0.25) is 0 Å². The van der Waals surface area contributed by atoms with Crippen LogP contribution in [0.4, 0.5) is 0 Å². The number of ether oxygens (including phenoxy) is 1. The predicted octanol–water partition coefficient (Wildman–Crippen LogP) is 1.79. The first kappa shape index (κ1) is 9.66. The highest BCUT2D eigenvalue weighted by Gasteiger charge is 2.01. The van der Waals surface area contributed by atoms with Crippen molar-refractivity contribution in [1.29, 1.82) is 0 Å². The summed E-state index contributed by atoms with van der Waals surface area (Å²) < 4.78 is 5.04. The van der Waals surface area contributed by atoms with Crippen LogP contribution in [0.25, 0.3) is 0 Å². The van der Waals surface area contributed by atoms with E-state index in [1.54, 1.807) is 6.08 Å². The van der Waals surface area contributed by atoms with Gasteiger partial charge in [0, 0.05) is 6.61 Å². The van der Waals surface area contributed by atoms with Crippen LogP contribution in [0.1, 0.15) is 19.8 Å². The van der Waals surface area contributed by atoms with Gasteiger partial charge in [0.15, 0.2) is 0 Å². The van der Waals surface area contributed by atoms with Gasteiger partial charge in [-0.25, -0.2) is 5.11 Å². The van der Waals surface area contributed by atoms with E-state index in [0.717, 1.165) is 6.42 Å². The van der Waals surface area contributed by atoms with Gasteiger partial charge < -0.3 is 4.74 Å². The molecule has 0 saturated heterocycles. The Bertz CT molecular complexity index is 81.3. The summed E-state index contributed by atoms with van der Waals surface area (Å²) in [6.45, 7) is 6.50. The largest absolute Gasteiger partial charge is 0.379 e. The van der Waals surface area contributed by atoms with Crippen LogP contribution in [0.15, 0.2) is 12.7 Å². The summed E-state index contributed by atoms with van der Waals surface area (Å²) in [4.78, 5) is 0. The van der Waals surface area contributed by atoms with Crippen LogP contribution in [-0.2, 0) is 9.84 Å². The van der Waals surface area contributed by atoms with Crippen molar-refractivity contribution in [3.05, 3.63) is 12.7 Å². The molecule has 0 bridgehead atoms. The van der Waals surface area contributed by atoms with Gasteiger partial charge in [-0.05, 0) is 12.8 Å². The lowest BCUT2D eigenvalue weighted by molar-refractivity contribution is -0.000801. The molecule has 0 aliphatic rings. The summed E-state index contributed by atoms with van der Waals surface area (Å²) in [5.74, 6) is 0. The highest BCUT2D eigenvalue weighted by molar-refractivity contribution is 4.71. The molecule has 0 aromatic rings. The maximum absolute atomic E-state index is 10.8. The lowest BCUT2D eigenvalue weighted by Crippen LogP contribution is -2.12. The molecular weight excluding hydrogens is 128 g/mol. The zero-order valence-electron chi connectivity index (χ0n) is 6.51. The van der Waals surface area contributed by atoms with Crippen molar-refractivity contribution < 1.29 is 9.84 Å². The normalized spacial score (nSPS) is 13.0. The Kier molecular flexibility index (Phi) is 6.55. The Morgan fingerprint density at radius 1 is 1.70 bits per heavy atom. The van der Waals surface area contributed by atoms with Gasteiger partial charge in [-0.3, -0.25) is 0 Å². The third kappa shape index (κ3) is 5.79. The summed E-state index contributed by atoms with van der Waals surface area (Å²) in [6.07, 6.45) is 2.49. The Morgan fingerprint density at radius 2 is 2.40 bits per heavy atom. The highest BCUT2D eigenvalue weighted by atomic mass is 16.5. The summed E-state index contributed by atoms with van der Waals surface area (Å²) in [7, 11) is 0. The van der Waals surface area contributed by atoms with Crippen molar-refractivity contribution in [2.45, 2.75) is 25.9 Å². The molecule has 10 heavy (non-hydrogen) atoms. The average molecular weight is 143 g/mol. The molecule has 2 nitrogen and oxygen atoms in total. The van der Waals surface area contributed by atoms with Crippen molar-refractivity contribution in [2.75, 3.05) is 13.2 Å². The number of hydrogen-bond acceptors (Lipinski definition) is 1. The van der Waals surface area contributed by atoms with Crippen LogP contribution >= 0.6 is 0 Å². The molecule has 0 rings (SSSR count). The van der Waals surface area contributed by atoms with E-state index >= 15 is 0 Å². The van der Waals surface area contributed by atoms with Crippen LogP contribution < -0.4 is 0 Å². The quantitative estimate of drug-likeness (QED) is 0.411. The Hall–Kier alpha value is -0.340. The number of hydrogen-bond donors (Lipinski definition) is 0. The molecule has 0 amide bonds. The van der Waals surface area contributed by atoms with Gasteiger partial charge >= 0.3 is 0 Å². The second-order valence-electron chi connectivity index (χ2n) is 2.22. The lowest BCUT2D eigenvalue weighted by atomic mass is 10.3. The third-order valence-corrected chi connectivity index (χ3v) is 1.08. The second kappa shape index (κ2) is 6.78. The van der Waals surface area contributed by atoms with Crippen LogP contribution in [0.3, 0.4) is 0 Å². The van der Waals surface area contributed by atoms with Crippen molar-refractivity contribution in [3.63, 3.8) is 0 Å². The van der Waals surface area contributed by atoms with E-state index in [1.165, 1.54) is 0 Å². The maximum atomic E-state index is 10.8. The van der Waals surface area contributed by atoms with Gasteiger partial charge in [0.25, 0.3) is 0 Å². The van der Waals surface area contributed by atoms with Gasteiger partial charge in [0.05, 0.1) is 6.61 Å². The predicted molar refractivity (Wildman–Crippen MR) is 40.4 cm³/mol. The molecule has 1 atom stereocenters. The van der Waals surface area contributed by atoms with E-state index in [-0.39, 0.29) is 0 Å². The fourth-order valence-corrected chi connectivity index (χ4v) is 0.613. The zero-order chi connectivity index (χ0) is 7.82. The minimum absolute atomic E-state index is 0.319. The molecule has 0 aromatic heterocycles. The van der Waals surface area contributed by atoms with E-state index < -0.39 is 6.10 Å². The molecule has 59 valence electrons. The average Bonchev–Trinajstić information content (AvgIpc) is 1.89. The van der Waals surface area contributed by atoms with Gasteiger partial charge in [-0.2, -0.15) is 0 Å². The maximum Gasteiger partial charge on any atom is 0.120 e. The van der Waals surface area contributed by atoms with Crippen LogP contribution in [-0.4, -0.2) is 19.3 Å². The standard InChI is InChI=1S/C8H15O2/c1-3-5-8(9)7-10-6-4-2/h3,8H,1,4-7H2,2H3. The van der Waals surface area contributed by atoms with Crippen molar-refractivity contribution in [1.82, 2.24) is 0 Å².